The molecule has 2 N–H and O–H groups in total. The molecule has 0 bridgehead atoms. The molecule has 0 spiro atoms. The van der Waals surface area contributed by atoms with Crippen molar-refractivity contribution in [2.45, 2.75) is 58.5 Å². The first-order chi connectivity index (χ1) is 9.88. The van der Waals surface area contributed by atoms with Gasteiger partial charge in [-0.3, -0.25) is 4.79 Å². The third-order valence-corrected chi connectivity index (χ3v) is 3.93. The van der Waals surface area contributed by atoms with Crippen molar-refractivity contribution >= 4 is 12.0 Å². The lowest BCUT2D eigenvalue weighted by atomic mass is 10.0. The van der Waals surface area contributed by atoms with Gasteiger partial charge < -0.3 is 20.3 Å². The highest BCUT2D eigenvalue weighted by atomic mass is 16.6. The molecule has 1 rings (SSSR count). The van der Waals surface area contributed by atoms with Crippen molar-refractivity contribution in [1.29, 1.82) is 0 Å². The van der Waals surface area contributed by atoms with Crippen LogP contribution in [0.4, 0.5) is 4.79 Å². The number of hydrogen-bond acceptors (Lipinski definition) is 4. The van der Waals surface area contributed by atoms with Gasteiger partial charge in [0.15, 0.2) is 0 Å². The standard InChI is InChI=1S/C15H29N3O3/c1-5-15(3,4)17-13(19)11-16-12-7-9-18(10-8-12)14(20)21-6-2/h12,16H,5-11H2,1-4H3,(H,17,19). The fourth-order valence-electron chi connectivity index (χ4n) is 2.23. The zero-order valence-electron chi connectivity index (χ0n) is 13.7. The van der Waals surface area contributed by atoms with Crippen LogP contribution in [0.25, 0.3) is 0 Å². The molecule has 0 atom stereocenters. The molecule has 0 saturated carbocycles. The van der Waals surface area contributed by atoms with Crippen LogP contribution in [0.1, 0.15) is 47.0 Å². The summed E-state index contributed by atoms with van der Waals surface area (Å²) in [6.07, 6.45) is 2.36. The predicted octanol–water partition coefficient (Wildman–Crippen LogP) is 1.50. The molecule has 6 nitrogen and oxygen atoms in total. The maximum absolute atomic E-state index is 11.9. The second-order valence-corrected chi connectivity index (χ2v) is 6.13. The van der Waals surface area contributed by atoms with E-state index in [4.69, 9.17) is 4.74 Å². The highest BCUT2D eigenvalue weighted by molar-refractivity contribution is 5.78. The monoisotopic (exact) mass is 299 g/mol. The Morgan fingerprint density at radius 2 is 1.86 bits per heavy atom. The summed E-state index contributed by atoms with van der Waals surface area (Å²) in [7, 11) is 0. The number of likely N-dealkylation sites (tertiary alicyclic amines) is 1. The lowest BCUT2D eigenvalue weighted by Crippen LogP contribution is -2.50. The third-order valence-electron chi connectivity index (χ3n) is 3.93. The zero-order valence-corrected chi connectivity index (χ0v) is 13.7. The summed E-state index contributed by atoms with van der Waals surface area (Å²) in [5.41, 5.74) is -0.161. The number of nitrogens with zero attached hydrogens (tertiary/aromatic N) is 1. The van der Waals surface area contributed by atoms with E-state index in [0.717, 1.165) is 19.3 Å². The molecule has 2 amide bonds. The van der Waals surface area contributed by atoms with Gasteiger partial charge in [-0.15, -0.1) is 0 Å². The van der Waals surface area contributed by atoms with Crippen molar-refractivity contribution in [3.05, 3.63) is 0 Å². The van der Waals surface area contributed by atoms with Crippen LogP contribution in [0.5, 0.6) is 0 Å². The van der Waals surface area contributed by atoms with Crippen LogP contribution in [0.15, 0.2) is 0 Å². The number of amides is 2. The molecule has 1 fully saturated rings. The van der Waals surface area contributed by atoms with Gasteiger partial charge in [-0.1, -0.05) is 6.92 Å². The maximum atomic E-state index is 11.9. The molecule has 1 saturated heterocycles. The van der Waals surface area contributed by atoms with Crippen molar-refractivity contribution in [2.75, 3.05) is 26.2 Å². The van der Waals surface area contributed by atoms with Gasteiger partial charge in [-0.25, -0.2) is 4.79 Å². The van der Waals surface area contributed by atoms with E-state index in [2.05, 4.69) is 17.6 Å². The SMILES string of the molecule is CCOC(=O)N1CCC(NCC(=O)NC(C)(C)CC)CC1. The third kappa shape index (κ3) is 6.33. The van der Waals surface area contributed by atoms with Gasteiger partial charge in [-0.2, -0.15) is 0 Å². The minimum Gasteiger partial charge on any atom is -0.450 e. The van der Waals surface area contributed by atoms with Crippen LogP contribution in [-0.4, -0.2) is 54.7 Å². The Morgan fingerprint density at radius 3 is 2.38 bits per heavy atom. The molecule has 6 heteroatoms. The average Bonchev–Trinajstić information content (AvgIpc) is 2.45. The summed E-state index contributed by atoms with van der Waals surface area (Å²) in [4.78, 5) is 25.2. The van der Waals surface area contributed by atoms with Gasteiger partial charge in [0.2, 0.25) is 5.91 Å². The zero-order chi connectivity index (χ0) is 15.9. The van der Waals surface area contributed by atoms with E-state index in [0.29, 0.717) is 26.2 Å². The topological polar surface area (TPSA) is 70.7 Å². The van der Waals surface area contributed by atoms with Gasteiger partial charge in [-0.05, 0) is 40.0 Å². The molecule has 0 aromatic rings. The maximum Gasteiger partial charge on any atom is 0.409 e. The molecule has 0 radical (unpaired) electrons. The van der Waals surface area contributed by atoms with Gasteiger partial charge in [0.25, 0.3) is 0 Å². The first-order valence-corrected chi connectivity index (χ1v) is 7.84. The molecular formula is C15H29N3O3. The Balaban J connectivity index is 2.24. The molecule has 1 aliphatic heterocycles. The first-order valence-electron chi connectivity index (χ1n) is 7.84. The molecule has 0 aromatic heterocycles. The number of hydrogen-bond donors (Lipinski definition) is 2. The number of ether oxygens (including phenoxy) is 1. The number of rotatable bonds is 6. The Labute approximate surface area is 127 Å². The van der Waals surface area contributed by atoms with E-state index in [1.54, 1.807) is 4.90 Å². The van der Waals surface area contributed by atoms with E-state index in [1.165, 1.54) is 0 Å². The molecule has 0 aromatic carbocycles. The van der Waals surface area contributed by atoms with Crippen molar-refractivity contribution in [1.82, 2.24) is 15.5 Å². The van der Waals surface area contributed by atoms with Gasteiger partial charge >= 0.3 is 6.09 Å². The van der Waals surface area contributed by atoms with E-state index >= 15 is 0 Å². The van der Waals surface area contributed by atoms with Gasteiger partial charge in [0, 0.05) is 24.7 Å². The van der Waals surface area contributed by atoms with Crippen LogP contribution in [-0.2, 0) is 9.53 Å². The number of carbonyl (C=O) groups is 2. The second kappa shape index (κ2) is 8.22. The van der Waals surface area contributed by atoms with Gasteiger partial charge in [0.05, 0.1) is 13.2 Å². The quantitative estimate of drug-likeness (QED) is 0.780. The Kier molecular flexibility index (Phi) is 6.95. The Bertz CT molecular complexity index is 350. The average molecular weight is 299 g/mol. The summed E-state index contributed by atoms with van der Waals surface area (Å²) in [5.74, 6) is 0.0228. The molecule has 0 unspecified atom stereocenters. The summed E-state index contributed by atoms with van der Waals surface area (Å²) in [6.45, 7) is 9.99. The molecular weight excluding hydrogens is 270 g/mol. The highest BCUT2D eigenvalue weighted by Gasteiger charge is 2.24. The van der Waals surface area contributed by atoms with Crippen LogP contribution in [0.2, 0.25) is 0 Å². The largest absolute Gasteiger partial charge is 0.450 e. The molecule has 1 heterocycles. The number of carbonyl (C=O) groups excluding carboxylic acids is 2. The summed E-state index contributed by atoms with van der Waals surface area (Å²) < 4.78 is 4.98. The Hall–Kier alpha value is -1.30. The first kappa shape index (κ1) is 17.8. The smallest absolute Gasteiger partial charge is 0.409 e. The lowest BCUT2D eigenvalue weighted by molar-refractivity contribution is -0.122. The van der Waals surface area contributed by atoms with Crippen molar-refractivity contribution in [2.24, 2.45) is 0 Å². The van der Waals surface area contributed by atoms with Crippen LogP contribution in [0.3, 0.4) is 0 Å². The minimum atomic E-state index is -0.238. The lowest BCUT2D eigenvalue weighted by Gasteiger charge is -2.32. The predicted molar refractivity (Wildman–Crippen MR) is 82.1 cm³/mol. The number of piperidine rings is 1. The van der Waals surface area contributed by atoms with E-state index < -0.39 is 0 Å². The summed E-state index contributed by atoms with van der Waals surface area (Å²) >= 11 is 0. The van der Waals surface area contributed by atoms with Crippen LogP contribution in [0, 0.1) is 0 Å². The fraction of sp³-hybridized carbons (Fsp3) is 0.867. The summed E-state index contributed by atoms with van der Waals surface area (Å²) in [6, 6.07) is 0.283. The Morgan fingerprint density at radius 1 is 1.24 bits per heavy atom. The second-order valence-electron chi connectivity index (χ2n) is 6.13. The highest BCUT2D eigenvalue weighted by Crippen LogP contribution is 2.11. The van der Waals surface area contributed by atoms with Crippen molar-refractivity contribution in [3.63, 3.8) is 0 Å². The van der Waals surface area contributed by atoms with E-state index in [9.17, 15) is 9.59 Å². The van der Waals surface area contributed by atoms with Crippen molar-refractivity contribution < 1.29 is 14.3 Å². The summed E-state index contributed by atoms with van der Waals surface area (Å²) in [5, 5.41) is 6.27. The molecule has 21 heavy (non-hydrogen) atoms. The molecule has 1 aliphatic rings. The fourth-order valence-corrected chi connectivity index (χ4v) is 2.23. The van der Waals surface area contributed by atoms with Crippen LogP contribution >= 0.6 is 0 Å². The number of nitrogens with one attached hydrogen (secondary N) is 2. The van der Waals surface area contributed by atoms with Crippen LogP contribution < -0.4 is 10.6 Å². The van der Waals surface area contributed by atoms with E-state index in [1.807, 2.05) is 20.8 Å². The van der Waals surface area contributed by atoms with Gasteiger partial charge in [0.1, 0.15) is 0 Å². The van der Waals surface area contributed by atoms with E-state index in [-0.39, 0.29) is 23.6 Å². The minimum absolute atomic E-state index is 0.0228. The van der Waals surface area contributed by atoms with Crippen molar-refractivity contribution in [3.8, 4) is 0 Å². The molecule has 122 valence electrons. The normalized spacial score (nSPS) is 16.7. The molecule has 0 aliphatic carbocycles.